The van der Waals surface area contributed by atoms with Crippen molar-refractivity contribution in [2.24, 2.45) is 5.92 Å². The van der Waals surface area contributed by atoms with Gasteiger partial charge in [0, 0.05) is 0 Å². The Balaban J connectivity index is 4.19. The average molecular weight is 946 g/mol. The summed E-state index contributed by atoms with van der Waals surface area (Å²) >= 11 is 0. The Hall–Kier alpha value is -1.06. The first-order chi connectivity index (χ1) is 33.2. The lowest BCUT2D eigenvalue weighted by atomic mass is 9.99. The van der Waals surface area contributed by atoms with Gasteiger partial charge in [0.1, 0.15) is 0 Å². The summed E-state index contributed by atoms with van der Waals surface area (Å²) in [5, 5.41) is 0. The topological polar surface area (TPSA) is 52.6 Å². The fourth-order valence-corrected chi connectivity index (χ4v) is 10.1. The fraction of sp³-hybridized carbons (Fsp3) is 0.968. The van der Waals surface area contributed by atoms with Gasteiger partial charge in [-0.3, -0.25) is 9.59 Å². The second kappa shape index (κ2) is 59.2. The van der Waals surface area contributed by atoms with Crippen molar-refractivity contribution >= 4 is 11.9 Å². The smallest absolute Gasteiger partial charge is 0.320 e. The predicted molar refractivity (Wildman–Crippen MR) is 296 cm³/mol. The summed E-state index contributed by atoms with van der Waals surface area (Å²) in [5.74, 6) is -1.45. The molecule has 0 bridgehead atoms. The molecule has 0 aromatic carbocycles. The highest BCUT2D eigenvalue weighted by Gasteiger charge is 2.29. The van der Waals surface area contributed by atoms with E-state index in [0.717, 1.165) is 38.5 Å². The Morgan fingerprint density at radius 2 is 0.373 bits per heavy atom. The number of carbonyl (C=O) groups excluding carboxylic acids is 2. The van der Waals surface area contributed by atoms with E-state index in [9.17, 15) is 9.59 Å². The zero-order chi connectivity index (χ0) is 48.5. The van der Waals surface area contributed by atoms with Gasteiger partial charge >= 0.3 is 11.9 Å². The molecule has 400 valence electrons. The van der Waals surface area contributed by atoms with Gasteiger partial charge in [-0.1, -0.05) is 355 Å². The first-order valence-electron chi connectivity index (χ1n) is 31.5. The molecule has 0 aromatic heterocycles. The van der Waals surface area contributed by atoms with E-state index >= 15 is 0 Å². The van der Waals surface area contributed by atoms with E-state index in [1.807, 2.05) is 0 Å². The van der Waals surface area contributed by atoms with Crippen LogP contribution in [0, 0.1) is 5.92 Å². The molecule has 0 aromatic rings. The molecule has 67 heavy (non-hydrogen) atoms. The maximum absolute atomic E-state index is 13.3. The van der Waals surface area contributed by atoms with Gasteiger partial charge in [-0.05, 0) is 19.3 Å². The Kier molecular flexibility index (Phi) is 58.3. The standard InChI is InChI=1S/C63H124O4/c1-4-7-10-13-16-19-22-25-28-31-34-37-40-43-46-49-52-55-58-61(62(64)66-59-56-53-50-47-44-41-38-35-32-29-26-23-20-17-14-11-8-5-2)63(65)67-60-57-54-51-48-45-42-39-36-33-30-27-24-21-18-15-12-9-6-3/h61H,4-60H2,1-3H3. The van der Waals surface area contributed by atoms with Crippen LogP contribution in [0.3, 0.4) is 0 Å². The van der Waals surface area contributed by atoms with Gasteiger partial charge in [0.25, 0.3) is 0 Å². The molecule has 0 rings (SSSR count). The van der Waals surface area contributed by atoms with Gasteiger partial charge in [0.2, 0.25) is 0 Å². The Bertz CT molecular complexity index is 879. The van der Waals surface area contributed by atoms with Crippen LogP contribution in [0.5, 0.6) is 0 Å². The van der Waals surface area contributed by atoms with E-state index < -0.39 is 5.92 Å². The molecule has 0 aliphatic rings. The fourth-order valence-electron chi connectivity index (χ4n) is 10.1. The third-order valence-corrected chi connectivity index (χ3v) is 14.9. The molecule has 0 aliphatic heterocycles. The van der Waals surface area contributed by atoms with E-state index in [1.165, 1.54) is 308 Å². The molecule has 0 spiro atoms. The SMILES string of the molecule is CCCCCCCCCCCCCCCCCCCCOC(=O)C(CCCCCCCCCCCCCCCCCCCC)C(=O)OCCCCCCCCCCCCCCCCCCCC. The summed E-state index contributed by atoms with van der Waals surface area (Å²) in [7, 11) is 0. The van der Waals surface area contributed by atoms with Crippen molar-refractivity contribution in [1.82, 2.24) is 0 Å². The van der Waals surface area contributed by atoms with Crippen LogP contribution in [0.2, 0.25) is 0 Å². The Morgan fingerprint density at radius 3 is 0.552 bits per heavy atom. The lowest BCUT2D eigenvalue weighted by Gasteiger charge is -2.15. The van der Waals surface area contributed by atoms with Crippen molar-refractivity contribution in [2.75, 3.05) is 13.2 Å². The molecule has 0 heterocycles. The molecular weight excluding hydrogens is 821 g/mol. The minimum atomic E-state index is -0.757. The first kappa shape index (κ1) is 65.9. The normalized spacial score (nSPS) is 11.6. The lowest BCUT2D eigenvalue weighted by Crippen LogP contribution is -2.28. The molecule has 4 heteroatoms. The van der Waals surface area contributed by atoms with Crippen LogP contribution >= 0.6 is 0 Å². The summed E-state index contributed by atoms with van der Waals surface area (Å²) < 4.78 is 11.5. The molecule has 0 radical (unpaired) electrons. The monoisotopic (exact) mass is 945 g/mol. The molecule has 0 fully saturated rings. The molecule has 0 amide bonds. The van der Waals surface area contributed by atoms with Crippen LogP contribution in [0.4, 0.5) is 0 Å². The molecule has 0 aliphatic carbocycles. The molecule has 0 saturated carbocycles. The predicted octanol–water partition coefficient (Wildman–Crippen LogP) is 22.2. The highest BCUT2D eigenvalue weighted by molar-refractivity contribution is 5.94. The first-order valence-corrected chi connectivity index (χ1v) is 31.5. The zero-order valence-corrected chi connectivity index (χ0v) is 46.5. The summed E-state index contributed by atoms with van der Waals surface area (Å²) in [6.07, 6.45) is 72.9. The third-order valence-electron chi connectivity index (χ3n) is 14.9. The minimum Gasteiger partial charge on any atom is -0.465 e. The molecule has 0 atom stereocenters. The maximum Gasteiger partial charge on any atom is 0.320 e. The highest BCUT2D eigenvalue weighted by atomic mass is 16.6. The average Bonchev–Trinajstić information content (AvgIpc) is 3.33. The molecule has 0 unspecified atom stereocenters. The van der Waals surface area contributed by atoms with Crippen LogP contribution in [0.15, 0.2) is 0 Å². The van der Waals surface area contributed by atoms with Crippen molar-refractivity contribution < 1.29 is 19.1 Å². The van der Waals surface area contributed by atoms with Crippen molar-refractivity contribution in [1.29, 1.82) is 0 Å². The highest BCUT2D eigenvalue weighted by Crippen LogP contribution is 2.20. The van der Waals surface area contributed by atoms with E-state index in [0.29, 0.717) is 19.6 Å². The largest absolute Gasteiger partial charge is 0.465 e. The summed E-state index contributed by atoms with van der Waals surface area (Å²) in [6, 6.07) is 0. The molecular formula is C63H124O4. The summed E-state index contributed by atoms with van der Waals surface area (Å²) in [6.45, 7) is 7.75. The van der Waals surface area contributed by atoms with E-state index in [-0.39, 0.29) is 11.9 Å². The van der Waals surface area contributed by atoms with Crippen LogP contribution in [-0.2, 0) is 19.1 Å². The number of carbonyl (C=O) groups is 2. The van der Waals surface area contributed by atoms with Gasteiger partial charge in [-0.2, -0.15) is 0 Å². The van der Waals surface area contributed by atoms with Crippen LogP contribution < -0.4 is 0 Å². The van der Waals surface area contributed by atoms with Gasteiger partial charge in [0.15, 0.2) is 5.92 Å². The van der Waals surface area contributed by atoms with E-state index in [4.69, 9.17) is 9.47 Å². The summed E-state index contributed by atoms with van der Waals surface area (Å²) in [4.78, 5) is 26.5. The van der Waals surface area contributed by atoms with E-state index in [1.54, 1.807) is 0 Å². The number of esters is 2. The van der Waals surface area contributed by atoms with Crippen LogP contribution in [0.1, 0.15) is 374 Å². The van der Waals surface area contributed by atoms with Gasteiger partial charge in [-0.25, -0.2) is 0 Å². The third kappa shape index (κ3) is 54.1. The van der Waals surface area contributed by atoms with Crippen molar-refractivity contribution in [3.8, 4) is 0 Å². The second-order valence-electron chi connectivity index (χ2n) is 21.7. The number of unbranched alkanes of at least 4 members (excludes halogenated alkanes) is 51. The number of rotatable bonds is 59. The van der Waals surface area contributed by atoms with Crippen molar-refractivity contribution in [3.63, 3.8) is 0 Å². The van der Waals surface area contributed by atoms with Crippen LogP contribution in [-0.4, -0.2) is 25.2 Å². The van der Waals surface area contributed by atoms with Crippen molar-refractivity contribution in [2.45, 2.75) is 374 Å². The summed E-state index contributed by atoms with van der Waals surface area (Å²) in [5.41, 5.74) is 0. The Morgan fingerprint density at radius 1 is 0.224 bits per heavy atom. The van der Waals surface area contributed by atoms with Gasteiger partial charge < -0.3 is 9.47 Å². The minimum absolute atomic E-state index is 0.346. The molecule has 4 nitrogen and oxygen atoms in total. The van der Waals surface area contributed by atoms with E-state index in [2.05, 4.69) is 20.8 Å². The second-order valence-corrected chi connectivity index (χ2v) is 21.7. The number of ether oxygens (including phenoxy) is 2. The quantitative estimate of drug-likeness (QED) is 0.0346. The Labute approximate surface area is 422 Å². The maximum atomic E-state index is 13.3. The van der Waals surface area contributed by atoms with Gasteiger partial charge in [0.05, 0.1) is 13.2 Å². The number of hydrogen-bond acceptors (Lipinski definition) is 4. The number of hydrogen-bond donors (Lipinski definition) is 0. The van der Waals surface area contributed by atoms with Crippen LogP contribution in [0.25, 0.3) is 0 Å². The van der Waals surface area contributed by atoms with Gasteiger partial charge in [-0.15, -0.1) is 0 Å². The molecule has 0 N–H and O–H groups in total. The van der Waals surface area contributed by atoms with Crippen molar-refractivity contribution in [3.05, 3.63) is 0 Å². The molecule has 0 saturated heterocycles. The lowest BCUT2D eigenvalue weighted by molar-refractivity contribution is -0.162. The zero-order valence-electron chi connectivity index (χ0n) is 46.5.